The average Bonchev–Trinajstić information content (AvgIpc) is 2.47. The number of aliphatic hydroxyl groups is 1. The SMILES string of the molecule is CCC(C)(C)C1CCC(O)CC1N1CCC(OC)CC1. The summed E-state index contributed by atoms with van der Waals surface area (Å²) in [5, 5.41) is 10.1. The highest BCUT2D eigenvalue weighted by Crippen LogP contribution is 2.43. The lowest BCUT2D eigenvalue weighted by atomic mass is 9.66. The lowest BCUT2D eigenvalue weighted by Crippen LogP contribution is -2.53. The molecule has 0 aromatic carbocycles. The van der Waals surface area contributed by atoms with Crippen molar-refractivity contribution >= 4 is 0 Å². The summed E-state index contributed by atoms with van der Waals surface area (Å²) in [5.74, 6) is 0.718. The molecule has 2 rings (SSSR count). The minimum absolute atomic E-state index is 0.0935. The fourth-order valence-corrected chi connectivity index (χ4v) is 4.15. The average molecular weight is 283 g/mol. The second-order valence-corrected chi connectivity index (χ2v) is 7.45. The Labute approximate surface area is 124 Å². The second-order valence-electron chi connectivity index (χ2n) is 7.45. The van der Waals surface area contributed by atoms with Gasteiger partial charge >= 0.3 is 0 Å². The van der Waals surface area contributed by atoms with E-state index in [-0.39, 0.29) is 6.10 Å². The van der Waals surface area contributed by atoms with Gasteiger partial charge in [0.2, 0.25) is 0 Å². The van der Waals surface area contributed by atoms with E-state index in [4.69, 9.17) is 4.74 Å². The largest absolute Gasteiger partial charge is 0.393 e. The van der Waals surface area contributed by atoms with E-state index in [1.807, 2.05) is 7.11 Å². The topological polar surface area (TPSA) is 32.7 Å². The Balaban J connectivity index is 2.05. The summed E-state index contributed by atoms with van der Waals surface area (Å²) in [6.45, 7) is 9.38. The van der Waals surface area contributed by atoms with Gasteiger partial charge in [-0.2, -0.15) is 0 Å². The molecule has 1 saturated heterocycles. The first-order chi connectivity index (χ1) is 9.47. The van der Waals surface area contributed by atoms with Crippen LogP contribution in [0.1, 0.15) is 59.3 Å². The number of aliphatic hydroxyl groups excluding tert-OH is 1. The maximum absolute atomic E-state index is 10.1. The molecule has 1 heterocycles. The Morgan fingerprint density at radius 3 is 2.35 bits per heavy atom. The van der Waals surface area contributed by atoms with Crippen molar-refractivity contribution in [2.24, 2.45) is 11.3 Å². The number of likely N-dealkylation sites (tertiary alicyclic amines) is 1. The lowest BCUT2D eigenvalue weighted by Gasteiger charge is -2.49. The third-order valence-corrected chi connectivity index (χ3v) is 5.98. The fourth-order valence-electron chi connectivity index (χ4n) is 4.15. The van der Waals surface area contributed by atoms with Gasteiger partial charge in [0.05, 0.1) is 12.2 Å². The maximum atomic E-state index is 10.1. The zero-order valence-electron chi connectivity index (χ0n) is 13.8. The van der Waals surface area contributed by atoms with Crippen LogP contribution >= 0.6 is 0 Å². The predicted octanol–water partition coefficient (Wildman–Crippen LogP) is 3.06. The molecule has 3 unspecified atom stereocenters. The molecule has 3 nitrogen and oxygen atoms in total. The van der Waals surface area contributed by atoms with Crippen LogP contribution in [-0.4, -0.2) is 48.5 Å². The van der Waals surface area contributed by atoms with Crippen molar-refractivity contribution in [1.82, 2.24) is 4.90 Å². The van der Waals surface area contributed by atoms with E-state index >= 15 is 0 Å². The van der Waals surface area contributed by atoms with Crippen molar-refractivity contribution < 1.29 is 9.84 Å². The Morgan fingerprint density at radius 1 is 1.15 bits per heavy atom. The van der Waals surface area contributed by atoms with Gasteiger partial charge in [-0.05, 0) is 43.4 Å². The smallest absolute Gasteiger partial charge is 0.0595 e. The molecule has 0 aromatic rings. The second kappa shape index (κ2) is 6.76. The molecular formula is C17H33NO2. The Hall–Kier alpha value is -0.120. The molecule has 118 valence electrons. The molecular weight excluding hydrogens is 250 g/mol. The van der Waals surface area contributed by atoms with E-state index in [1.165, 1.54) is 12.8 Å². The van der Waals surface area contributed by atoms with Crippen LogP contribution in [0.2, 0.25) is 0 Å². The number of piperidine rings is 1. The van der Waals surface area contributed by atoms with E-state index in [9.17, 15) is 5.11 Å². The van der Waals surface area contributed by atoms with Gasteiger partial charge in [-0.25, -0.2) is 0 Å². The molecule has 0 bridgehead atoms. The summed E-state index contributed by atoms with van der Waals surface area (Å²) in [6.07, 6.45) is 6.98. The van der Waals surface area contributed by atoms with Crippen LogP contribution in [0.3, 0.4) is 0 Å². The Morgan fingerprint density at radius 2 is 1.80 bits per heavy atom. The molecule has 3 heteroatoms. The van der Waals surface area contributed by atoms with Crippen LogP contribution in [-0.2, 0) is 4.74 Å². The van der Waals surface area contributed by atoms with Gasteiger partial charge in [0.15, 0.2) is 0 Å². The molecule has 0 amide bonds. The quantitative estimate of drug-likeness (QED) is 0.860. The first-order valence-electron chi connectivity index (χ1n) is 8.42. The molecule has 3 atom stereocenters. The number of rotatable bonds is 4. The number of methoxy groups -OCH3 is 1. The van der Waals surface area contributed by atoms with E-state index < -0.39 is 0 Å². The molecule has 1 aliphatic carbocycles. The summed E-state index contributed by atoms with van der Waals surface area (Å²) in [5.41, 5.74) is 0.378. The summed E-state index contributed by atoms with van der Waals surface area (Å²) in [7, 11) is 1.83. The highest BCUT2D eigenvalue weighted by Gasteiger charge is 2.41. The summed E-state index contributed by atoms with van der Waals surface area (Å²) < 4.78 is 5.49. The van der Waals surface area contributed by atoms with Gasteiger partial charge in [-0.3, -0.25) is 4.90 Å². The standard InChI is InChI=1S/C17H33NO2/c1-5-17(2,3)15-7-6-13(19)12-16(15)18-10-8-14(20-4)9-11-18/h13-16,19H,5-12H2,1-4H3. The van der Waals surface area contributed by atoms with Crippen molar-refractivity contribution in [3.8, 4) is 0 Å². The molecule has 1 aliphatic heterocycles. The third-order valence-electron chi connectivity index (χ3n) is 5.98. The van der Waals surface area contributed by atoms with E-state index in [1.54, 1.807) is 0 Å². The van der Waals surface area contributed by atoms with Crippen LogP contribution in [0.25, 0.3) is 0 Å². The van der Waals surface area contributed by atoms with Gasteiger partial charge in [0.25, 0.3) is 0 Å². The highest BCUT2D eigenvalue weighted by molar-refractivity contribution is 4.94. The number of hydrogen-bond donors (Lipinski definition) is 1. The Kier molecular flexibility index (Phi) is 5.49. The van der Waals surface area contributed by atoms with Crippen molar-refractivity contribution in [1.29, 1.82) is 0 Å². The predicted molar refractivity (Wildman–Crippen MR) is 82.8 cm³/mol. The molecule has 1 saturated carbocycles. The van der Waals surface area contributed by atoms with E-state index in [2.05, 4.69) is 25.7 Å². The van der Waals surface area contributed by atoms with Crippen LogP contribution in [0.4, 0.5) is 0 Å². The van der Waals surface area contributed by atoms with Gasteiger partial charge in [-0.1, -0.05) is 27.2 Å². The number of hydrogen-bond acceptors (Lipinski definition) is 3. The maximum Gasteiger partial charge on any atom is 0.0595 e. The minimum atomic E-state index is -0.0935. The summed E-state index contributed by atoms with van der Waals surface area (Å²) in [4.78, 5) is 2.64. The van der Waals surface area contributed by atoms with Crippen molar-refractivity contribution in [2.75, 3.05) is 20.2 Å². The Bertz CT molecular complexity index is 297. The van der Waals surface area contributed by atoms with Gasteiger partial charge < -0.3 is 9.84 Å². The van der Waals surface area contributed by atoms with Gasteiger partial charge in [0, 0.05) is 26.2 Å². The zero-order valence-corrected chi connectivity index (χ0v) is 13.8. The fraction of sp³-hybridized carbons (Fsp3) is 1.00. The number of ether oxygens (including phenoxy) is 1. The molecule has 0 spiro atoms. The number of nitrogens with zero attached hydrogens (tertiary/aromatic N) is 1. The molecule has 20 heavy (non-hydrogen) atoms. The summed E-state index contributed by atoms with van der Waals surface area (Å²) in [6, 6.07) is 0.562. The highest BCUT2D eigenvalue weighted by atomic mass is 16.5. The van der Waals surface area contributed by atoms with Gasteiger partial charge in [0.1, 0.15) is 0 Å². The van der Waals surface area contributed by atoms with Crippen LogP contribution in [0, 0.1) is 11.3 Å². The zero-order chi connectivity index (χ0) is 14.8. The summed E-state index contributed by atoms with van der Waals surface area (Å²) >= 11 is 0. The van der Waals surface area contributed by atoms with Gasteiger partial charge in [-0.15, -0.1) is 0 Å². The molecule has 2 fully saturated rings. The lowest BCUT2D eigenvalue weighted by molar-refractivity contribution is -0.0440. The monoisotopic (exact) mass is 283 g/mol. The molecule has 0 radical (unpaired) electrons. The van der Waals surface area contributed by atoms with Crippen LogP contribution in [0.15, 0.2) is 0 Å². The normalized spacial score (nSPS) is 34.4. The van der Waals surface area contributed by atoms with Crippen molar-refractivity contribution in [3.63, 3.8) is 0 Å². The molecule has 1 N–H and O–H groups in total. The molecule has 2 aliphatic rings. The van der Waals surface area contributed by atoms with E-state index in [0.29, 0.717) is 17.6 Å². The first kappa shape index (κ1) is 16.3. The molecule has 0 aromatic heterocycles. The third kappa shape index (κ3) is 3.55. The van der Waals surface area contributed by atoms with Crippen molar-refractivity contribution in [2.45, 2.75) is 77.5 Å². The van der Waals surface area contributed by atoms with Crippen molar-refractivity contribution in [3.05, 3.63) is 0 Å². The first-order valence-corrected chi connectivity index (χ1v) is 8.42. The van der Waals surface area contributed by atoms with E-state index in [0.717, 1.165) is 44.7 Å². The van der Waals surface area contributed by atoms with Crippen LogP contribution in [0.5, 0.6) is 0 Å². The minimum Gasteiger partial charge on any atom is -0.393 e. The van der Waals surface area contributed by atoms with Crippen LogP contribution < -0.4 is 0 Å².